The van der Waals surface area contributed by atoms with Crippen LogP contribution in [0.4, 0.5) is 0 Å². The van der Waals surface area contributed by atoms with E-state index in [1.54, 1.807) is 6.08 Å². The summed E-state index contributed by atoms with van der Waals surface area (Å²) in [5, 5.41) is 8.74. The van der Waals surface area contributed by atoms with Crippen molar-refractivity contribution in [1.29, 1.82) is 0 Å². The second-order valence-electron chi connectivity index (χ2n) is 3.50. The summed E-state index contributed by atoms with van der Waals surface area (Å²) in [6.45, 7) is 3.74. The van der Waals surface area contributed by atoms with Gasteiger partial charge in [0.05, 0.1) is 6.61 Å². The molecular weight excluding hydrogens is 207 g/mol. The SMILES string of the molecule is C=Cc1ccc(B2OCC(C(=O)O)O2)cc1. The van der Waals surface area contributed by atoms with Gasteiger partial charge in [0.2, 0.25) is 0 Å². The molecule has 5 heteroatoms. The third-order valence-electron chi connectivity index (χ3n) is 2.41. The van der Waals surface area contributed by atoms with Gasteiger partial charge in [0, 0.05) is 0 Å². The van der Waals surface area contributed by atoms with Gasteiger partial charge in [-0.25, -0.2) is 4.79 Å². The molecule has 1 aliphatic rings. The lowest BCUT2D eigenvalue weighted by atomic mass is 9.79. The van der Waals surface area contributed by atoms with Crippen molar-refractivity contribution >= 4 is 24.6 Å². The van der Waals surface area contributed by atoms with E-state index in [2.05, 4.69) is 6.58 Å². The highest BCUT2D eigenvalue weighted by molar-refractivity contribution is 6.62. The van der Waals surface area contributed by atoms with Gasteiger partial charge in [0.25, 0.3) is 0 Å². The van der Waals surface area contributed by atoms with Crippen LogP contribution in [-0.2, 0) is 14.1 Å². The third-order valence-corrected chi connectivity index (χ3v) is 2.41. The standard InChI is InChI=1S/C11H11BO4/c1-2-8-3-5-9(6-4-8)12-15-7-10(16-12)11(13)14/h2-6,10H,1,7H2,(H,13,14). The van der Waals surface area contributed by atoms with Crippen molar-refractivity contribution in [2.24, 2.45) is 0 Å². The van der Waals surface area contributed by atoms with Crippen LogP contribution in [0.5, 0.6) is 0 Å². The van der Waals surface area contributed by atoms with Crippen molar-refractivity contribution < 1.29 is 19.2 Å². The molecule has 1 unspecified atom stereocenters. The number of carbonyl (C=O) groups is 1. The second-order valence-corrected chi connectivity index (χ2v) is 3.50. The van der Waals surface area contributed by atoms with Crippen molar-refractivity contribution in [3.8, 4) is 0 Å². The third kappa shape index (κ3) is 2.15. The maximum absolute atomic E-state index is 10.7. The van der Waals surface area contributed by atoms with E-state index in [4.69, 9.17) is 14.4 Å². The topological polar surface area (TPSA) is 55.8 Å². The van der Waals surface area contributed by atoms with Crippen molar-refractivity contribution in [2.45, 2.75) is 6.10 Å². The molecule has 1 aromatic carbocycles. The molecule has 0 aromatic heterocycles. The van der Waals surface area contributed by atoms with Gasteiger partial charge in [-0.05, 0) is 11.0 Å². The molecule has 0 saturated carbocycles. The molecule has 0 bridgehead atoms. The number of hydrogen-bond acceptors (Lipinski definition) is 3. The number of carboxylic acid groups (broad SMARTS) is 1. The minimum atomic E-state index is -0.995. The van der Waals surface area contributed by atoms with E-state index in [-0.39, 0.29) is 6.61 Å². The molecule has 1 saturated heterocycles. The summed E-state index contributed by atoms with van der Waals surface area (Å²) in [5.74, 6) is -0.995. The maximum Gasteiger partial charge on any atom is 0.494 e. The van der Waals surface area contributed by atoms with Crippen molar-refractivity contribution in [2.75, 3.05) is 6.61 Å². The summed E-state index contributed by atoms with van der Waals surface area (Å²) >= 11 is 0. The zero-order valence-electron chi connectivity index (χ0n) is 8.63. The van der Waals surface area contributed by atoms with E-state index >= 15 is 0 Å². The van der Waals surface area contributed by atoms with Crippen LogP contribution in [0.15, 0.2) is 30.8 Å². The first-order valence-electron chi connectivity index (χ1n) is 4.93. The smallest absolute Gasteiger partial charge is 0.479 e. The van der Waals surface area contributed by atoms with Crippen LogP contribution in [-0.4, -0.2) is 30.9 Å². The van der Waals surface area contributed by atoms with E-state index < -0.39 is 19.2 Å². The number of benzene rings is 1. The van der Waals surface area contributed by atoms with Gasteiger partial charge in [0.15, 0.2) is 6.10 Å². The first kappa shape index (κ1) is 10.9. The van der Waals surface area contributed by atoms with Crippen LogP contribution < -0.4 is 5.46 Å². The quantitative estimate of drug-likeness (QED) is 0.751. The van der Waals surface area contributed by atoms with Gasteiger partial charge < -0.3 is 14.4 Å². The first-order valence-corrected chi connectivity index (χ1v) is 4.93. The monoisotopic (exact) mass is 218 g/mol. The van der Waals surface area contributed by atoms with Gasteiger partial charge in [-0.2, -0.15) is 0 Å². The number of hydrogen-bond donors (Lipinski definition) is 1. The summed E-state index contributed by atoms with van der Waals surface area (Å²) in [4.78, 5) is 10.7. The summed E-state index contributed by atoms with van der Waals surface area (Å²) in [5.41, 5.74) is 1.81. The Hall–Kier alpha value is -1.59. The molecule has 16 heavy (non-hydrogen) atoms. The van der Waals surface area contributed by atoms with Crippen molar-refractivity contribution in [1.82, 2.24) is 0 Å². The van der Waals surface area contributed by atoms with E-state index in [0.29, 0.717) is 0 Å². The zero-order valence-corrected chi connectivity index (χ0v) is 8.63. The van der Waals surface area contributed by atoms with Gasteiger partial charge in [-0.15, -0.1) is 0 Å². The van der Waals surface area contributed by atoms with Crippen LogP contribution in [0.25, 0.3) is 6.08 Å². The maximum atomic E-state index is 10.7. The van der Waals surface area contributed by atoms with Crippen LogP contribution in [0.1, 0.15) is 5.56 Å². The number of aliphatic carboxylic acids is 1. The molecule has 1 fully saturated rings. The highest BCUT2D eigenvalue weighted by Gasteiger charge is 2.36. The Morgan fingerprint density at radius 1 is 1.50 bits per heavy atom. The molecular formula is C11H11BO4. The molecule has 1 heterocycles. The number of rotatable bonds is 3. The average Bonchev–Trinajstić information content (AvgIpc) is 2.78. The van der Waals surface area contributed by atoms with Gasteiger partial charge in [0.1, 0.15) is 0 Å². The summed E-state index contributed by atoms with van der Waals surface area (Å²) in [6, 6.07) is 7.43. The van der Waals surface area contributed by atoms with Crippen molar-refractivity contribution in [3.63, 3.8) is 0 Å². The summed E-state index contributed by atoms with van der Waals surface area (Å²) in [6.07, 6.45) is 0.865. The molecule has 4 nitrogen and oxygen atoms in total. The Morgan fingerprint density at radius 3 is 2.69 bits per heavy atom. The van der Waals surface area contributed by atoms with E-state index in [0.717, 1.165) is 11.0 Å². The van der Waals surface area contributed by atoms with Crippen molar-refractivity contribution in [3.05, 3.63) is 36.4 Å². The highest BCUT2D eigenvalue weighted by Crippen LogP contribution is 2.09. The zero-order chi connectivity index (χ0) is 11.5. The lowest BCUT2D eigenvalue weighted by Crippen LogP contribution is -2.33. The van der Waals surface area contributed by atoms with Gasteiger partial charge in [-0.3, -0.25) is 0 Å². The molecule has 82 valence electrons. The Bertz CT molecular complexity index is 401. The Balaban J connectivity index is 2.08. The second kappa shape index (κ2) is 4.51. The van der Waals surface area contributed by atoms with Crippen LogP contribution in [0.3, 0.4) is 0 Å². The lowest BCUT2D eigenvalue weighted by molar-refractivity contribution is -0.144. The van der Waals surface area contributed by atoms with E-state index in [9.17, 15) is 4.79 Å². The molecule has 1 aromatic rings. The van der Waals surface area contributed by atoms with Gasteiger partial charge in [-0.1, -0.05) is 36.9 Å². The average molecular weight is 218 g/mol. The molecule has 1 atom stereocenters. The predicted molar refractivity (Wildman–Crippen MR) is 60.4 cm³/mol. The molecule has 0 radical (unpaired) electrons. The molecule has 0 aliphatic carbocycles. The fourth-order valence-electron chi connectivity index (χ4n) is 1.50. The Kier molecular flexibility index (Phi) is 3.08. The molecule has 1 N–H and O–H groups in total. The highest BCUT2D eigenvalue weighted by atomic mass is 16.7. The molecule has 1 aliphatic heterocycles. The Labute approximate surface area is 93.6 Å². The van der Waals surface area contributed by atoms with Crippen LogP contribution in [0, 0.1) is 0 Å². The minimum absolute atomic E-state index is 0.0865. The van der Waals surface area contributed by atoms with Crippen LogP contribution in [0.2, 0.25) is 0 Å². The summed E-state index contributed by atoms with van der Waals surface area (Å²) in [7, 11) is -0.583. The lowest BCUT2D eigenvalue weighted by Gasteiger charge is -2.05. The Morgan fingerprint density at radius 2 is 2.19 bits per heavy atom. The normalized spacial score (nSPS) is 19.8. The van der Waals surface area contributed by atoms with E-state index in [1.807, 2.05) is 24.3 Å². The van der Waals surface area contributed by atoms with Gasteiger partial charge >= 0.3 is 13.1 Å². The first-order chi connectivity index (χ1) is 7.70. The molecule has 2 rings (SSSR count). The molecule has 0 spiro atoms. The molecule has 0 amide bonds. The van der Waals surface area contributed by atoms with Crippen LogP contribution >= 0.6 is 0 Å². The minimum Gasteiger partial charge on any atom is -0.479 e. The fourth-order valence-corrected chi connectivity index (χ4v) is 1.50. The largest absolute Gasteiger partial charge is 0.494 e. The predicted octanol–water partition coefficient (Wildman–Crippen LogP) is 0.525. The number of carboxylic acids is 1. The fraction of sp³-hybridized carbons (Fsp3) is 0.182. The van der Waals surface area contributed by atoms with E-state index in [1.165, 1.54) is 0 Å². The summed E-state index contributed by atoms with van der Waals surface area (Å²) < 4.78 is 10.5.